The Morgan fingerprint density at radius 2 is 1.90 bits per heavy atom. The predicted octanol–water partition coefficient (Wildman–Crippen LogP) is 1.68. The molecule has 0 atom stereocenters. The maximum atomic E-state index is 11.8. The minimum atomic E-state index is -0.804. The molecule has 0 spiro atoms. The number of hydrogen-bond acceptors (Lipinski definition) is 4. The number of anilines is 1. The van der Waals surface area contributed by atoms with Gasteiger partial charge < -0.3 is 15.3 Å². The molecule has 0 bridgehead atoms. The predicted molar refractivity (Wildman–Crippen MR) is 78.8 cm³/mol. The Kier molecular flexibility index (Phi) is 6.92. The molecule has 21 heavy (non-hydrogen) atoms. The van der Waals surface area contributed by atoms with Gasteiger partial charge >= 0.3 is 5.97 Å². The summed E-state index contributed by atoms with van der Waals surface area (Å²) in [5.41, 5.74) is 1.21. The van der Waals surface area contributed by atoms with Crippen LogP contribution in [0.25, 0.3) is 0 Å². The summed E-state index contributed by atoms with van der Waals surface area (Å²) in [5, 5.41) is 20.0. The first-order valence-electron chi connectivity index (χ1n) is 6.71. The summed E-state index contributed by atoms with van der Waals surface area (Å²) in [5.74, 6) is -0.910. The smallest absolute Gasteiger partial charge is 0.303 e. The van der Waals surface area contributed by atoms with Crippen molar-refractivity contribution in [2.45, 2.75) is 19.3 Å². The number of rotatable bonds is 8. The van der Waals surface area contributed by atoms with Crippen LogP contribution in [0, 0.1) is 11.3 Å². The van der Waals surface area contributed by atoms with E-state index in [4.69, 9.17) is 10.4 Å². The number of carbonyl (C=O) groups is 2. The molecule has 0 aliphatic heterocycles. The molecule has 112 valence electrons. The van der Waals surface area contributed by atoms with Crippen LogP contribution in [0.2, 0.25) is 0 Å². The third-order valence-electron chi connectivity index (χ3n) is 2.95. The van der Waals surface area contributed by atoms with Crippen LogP contribution < -0.4 is 5.32 Å². The molecule has 1 aromatic carbocycles. The SMILES string of the molecule is CN(CCCC(=O)O)CCC(=O)Nc1ccc(C#N)cc1. The van der Waals surface area contributed by atoms with Gasteiger partial charge in [0.05, 0.1) is 11.6 Å². The molecular formula is C15H19N3O3. The van der Waals surface area contributed by atoms with Crippen molar-refractivity contribution >= 4 is 17.6 Å². The minimum Gasteiger partial charge on any atom is -0.481 e. The summed E-state index contributed by atoms with van der Waals surface area (Å²) in [6.45, 7) is 1.22. The molecule has 0 saturated carbocycles. The lowest BCUT2D eigenvalue weighted by atomic mass is 10.2. The standard InChI is InChI=1S/C15H19N3O3/c1-18(9-2-3-15(20)21)10-8-14(19)17-13-6-4-12(11-16)5-7-13/h4-7H,2-3,8-10H2,1H3,(H,17,19)(H,20,21). The molecule has 1 amide bonds. The Morgan fingerprint density at radius 1 is 1.24 bits per heavy atom. The van der Waals surface area contributed by atoms with Gasteiger partial charge in [0.2, 0.25) is 5.91 Å². The first kappa shape index (κ1) is 16.7. The van der Waals surface area contributed by atoms with Crippen LogP contribution >= 0.6 is 0 Å². The Balaban J connectivity index is 2.27. The molecule has 6 nitrogen and oxygen atoms in total. The van der Waals surface area contributed by atoms with Gasteiger partial charge in [0, 0.05) is 25.1 Å². The number of aliphatic carboxylic acids is 1. The second-order valence-electron chi connectivity index (χ2n) is 4.79. The summed E-state index contributed by atoms with van der Waals surface area (Å²) in [7, 11) is 1.86. The van der Waals surface area contributed by atoms with Gasteiger partial charge in [0.1, 0.15) is 0 Å². The lowest BCUT2D eigenvalue weighted by Crippen LogP contribution is -2.25. The van der Waals surface area contributed by atoms with E-state index in [1.807, 2.05) is 18.0 Å². The second kappa shape index (κ2) is 8.72. The second-order valence-corrected chi connectivity index (χ2v) is 4.79. The summed E-state index contributed by atoms with van der Waals surface area (Å²) >= 11 is 0. The van der Waals surface area contributed by atoms with Crippen molar-refractivity contribution in [1.82, 2.24) is 4.90 Å². The number of benzene rings is 1. The minimum absolute atomic E-state index is 0.107. The topological polar surface area (TPSA) is 93.4 Å². The van der Waals surface area contributed by atoms with E-state index >= 15 is 0 Å². The molecule has 1 aromatic rings. The Labute approximate surface area is 124 Å². The zero-order chi connectivity index (χ0) is 15.7. The zero-order valence-corrected chi connectivity index (χ0v) is 12.0. The quantitative estimate of drug-likeness (QED) is 0.759. The van der Waals surface area contributed by atoms with E-state index in [2.05, 4.69) is 5.32 Å². The fourth-order valence-electron chi connectivity index (χ4n) is 1.76. The lowest BCUT2D eigenvalue weighted by Gasteiger charge is -2.15. The van der Waals surface area contributed by atoms with Crippen LogP contribution in [0.5, 0.6) is 0 Å². The molecule has 0 aliphatic rings. The molecule has 1 rings (SSSR count). The highest BCUT2D eigenvalue weighted by Crippen LogP contribution is 2.09. The molecule has 0 heterocycles. The molecule has 0 saturated heterocycles. The van der Waals surface area contributed by atoms with Crippen LogP contribution in [0.3, 0.4) is 0 Å². The van der Waals surface area contributed by atoms with Crippen molar-refractivity contribution < 1.29 is 14.7 Å². The van der Waals surface area contributed by atoms with Crippen molar-refractivity contribution in [3.05, 3.63) is 29.8 Å². The fraction of sp³-hybridized carbons (Fsp3) is 0.400. The molecule has 0 aromatic heterocycles. The molecule has 0 aliphatic carbocycles. The zero-order valence-electron chi connectivity index (χ0n) is 12.0. The van der Waals surface area contributed by atoms with Gasteiger partial charge in [0.15, 0.2) is 0 Å². The molecule has 2 N–H and O–H groups in total. The van der Waals surface area contributed by atoms with E-state index in [1.165, 1.54) is 0 Å². The number of hydrogen-bond donors (Lipinski definition) is 2. The number of nitrogens with zero attached hydrogens (tertiary/aromatic N) is 2. The number of nitriles is 1. The molecule has 0 unspecified atom stereocenters. The first-order chi connectivity index (χ1) is 10.0. The Morgan fingerprint density at radius 3 is 2.48 bits per heavy atom. The highest BCUT2D eigenvalue weighted by atomic mass is 16.4. The average Bonchev–Trinajstić information content (AvgIpc) is 2.45. The maximum absolute atomic E-state index is 11.8. The van der Waals surface area contributed by atoms with E-state index in [0.717, 1.165) is 0 Å². The Bertz CT molecular complexity index is 520. The molecule has 6 heteroatoms. The van der Waals surface area contributed by atoms with Crippen LogP contribution in [0.15, 0.2) is 24.3 Å². The van der Waals surface area contributed by atoms with Gasteiger partial charge in [-0.15, -0.1) is 0 Å². The average molecular weight is 289 g/mol. The van der Waals surface area contributed by atoms with Gasteiger partial charge in [0.25, 0.3) is 0 Å². The third-order valence-corrected chi connectivity index (χ3v) is 2.95. The number of carboxylic acid groups (broad SMARTS) is 1. The monoisotopic (exact) mass is 289 g/mol. The number of carbonyl (C=O) groups excluding carboxylic acids is 1. The molecule has 0 fully saturated rings. The first-order valence-corrected chi connectivity index (χ1v) is 6.71. The van der Waals surface area contributed by atoms with Crippen molar-refractivity contribution in [3.8, 4) is 6.07 Å². The van der Waals surface area contributed by atoms with E-state index in [9.17, 15) is 9.59 Å². The van der Waals surface area contributed by atoms with Gasteiger partial charge in [-0.05, 0) is 44.3 Å². The lowest BCUT2D eigenvalue weighted by molar-refractivity contribution is -0.137. The van der Waals surface area contributed by atoms with Crippen LogP contribution in [0.1, 0.15) is 24.8 Å². The van der Waals surface area contributed by atoms with Crippen LogP contribution in [-0.4, -0.2) is 42.0 Å². The fourth-order valence-corrected chi connectivity index (χ4v) is 1.76. The highest BCUT2D eigenvalue weighted by molar-refractivity contribution is 5.90. The summed E-state index contributed by atoms with van der Waals surface area (Å²) in [4.78, 5) is 24.1. The van der Waals surface area contributed by atoms with Gasteiger partial charge in [-0.1, -0.05) is 0 Å². The van der Waals surface area contributed by atoms with E-state index in [-0.39, 0.29) is 12.3 Å². The summed E-state index contributed by atoms with van der Waals surface area (Å²) in [6, 6.07) is 8.68. The van der Waals surface area contributed by atoms with Crippen molar-refractivity contribution in [1.29, 1.82) is 5.26 Å². The molecule has 0 radical (unpaired) electrons. The number of carboxylic acids is 1. The van der Waals surface area contributed by atoms with Crippen LogP contribution in [-0.2, 0) is 9.59 Å². The molecular weight excluding hydrogens is 270 g/mol. The van der Waals surface area contributed by atoms with E-state index < -0.39 is 5.97 Å². The van der Waals surface area contributed by atoms with Gasteiger partial charge in [-0.2, -0.15) is 5.26 Å². The highest BCUT2D eigenvalue weighted by Gasteiger charge is 2.06. The van der Waals surface area contributed by atoms with E-state index in [1.54, 1.807) is 24.3 Å². The number of amides is 1. The van der Waals surface area contributed by atoms with Crippen molar-refractivity contribution in [3.63, 3.8) is 0 Å². The van der Waals surface area contributed by atoms with Gasteiger partial charge in [-0.25, -0.2) is 0 Å². The Hall–Kier alpha value is -2.39. The largest absolute Gasteiger partial charge is 0.481 e. The number of nitrogens with one attached hydrogen (secondary N) is 1. The maximum Gasteiger partial charge on any atom is 0.303 e. The summed E-state index contributed by atoms with van der Waals surface area (Å²) in [6.07, 6.45) is 1.05. The third kappa shape index (κ3) is 7.09. The summed E-state index contributed by atoms with van der Waals surface area (Å²) < 4.78 is 0. The van der Waals surface area contributed by atoms with Gasteiger partial charge in [-0.3, -0.25) is 9.59 Å². The van der Waals surface area contributed by atoms with E-state index in [0.29, 0.717) is 37.2 Å². The van der Waals surface area contributed by atoms with Crippen molar-refractivity contribution in [2.24, 2.45) is 0 Å². The van der Waals surface area contributed by atoms with Crippen molar-refractivity contribution in [2.75, 3.05) is 25.5 Å². The normalized spacial score (nSPS) is 10.1. The van der Waals surface area contributed by atoms with Crippen LogP contribution in [0.4, 0.5) is 5.69 Å².